The van der Waals surface area contributed by atoms with Crippen LogP contribution in [-0.2, 0) is 0 Å². The Hall–Kier alpha value is -0.0900. The van der Waals surface area contributed by atoms with Crippen LogP contribution in [-0.4, -0.2) is 5.84 Å². The molecule has 2 rings (SSSR count). The van der Waals surface area contributed by atoms with E-state index in [1.165, 1.54) is 30.4 Å². The average molecular weight is 308 g/mol. The Morgan fingerprint density at radius 3 is 2.92 bits per heavy atom. The number of rotatable bonds is 0. The molecule has 0 aromatic rings. The summed E-state index contributed by atoms with van der Waals surface area (Å²) in [6, 6.07) is 0. The van der Waals surface area contributed by atoms with Crippen molar-refractivity contribution in [3.8, 4) is 0 Å². The van der Waals surface area contributed by atoms with Gasteiger partial charge in [0.2, 0.25) is 0 Å². The fourth-order valence-corrected chi connectivity index (χ4v) is 2.28. The van der Waals surface area contributed by atoms with Crippen molar-refractivity contribution >= 4 is 38.7 Å². The normalized spacial score (nSPS) is 21.3. The van der Waals surface area contributed by atoms with Gasteiger partial charge in [-0.25, -0.2) is 4.99 Å². The zero-order valence-electron chi connectivity index (χ0n) is 7.22. The van der Waals surface area contributed by atoms with Gasteiger partial charge >= 0.3 is 0 Å². The van der Waals surface area contributed by atoms with Crippen LogP contribution in [0.2, 0.25) is 0 Å². The van der Waals surface area contributed by atoms with E-state index in [0.29, 0.717) is 0 Å². The molecule has 1 aliphatic carbocycles. The molecule has 0 aromatic carbocycles. The van der Waals surface area contributed by atoms with Crippen LogP contribution in [0, 0.1) is 0 Å². The lowest BCUT2D eigenvalue weighted by Gasteiger charge is -1.99. The number of halogens is 2. The van der Waals surface area contributed by atoms with Crippen LogP contribution < -0.4 is 5.73 Å². The number of amidine groups is 1. The van der Waals surface area contributed by atoms with Crippen molar-refractivity contribution in [1.29, 1.82) is 0 Å². The minimum absolute atomic E-state index is 0. The standard InChI is InChI=1S/C9H11BrN2.BrH/c10-8-4-6-2-1-3-7(6)5-9(11)12-8;/h4H,1-3,5H2,(H2,11,12);1H. The van der Waals surface area contributed by atoms with Gasteiger partial charge < -0.3 is 5.73 Å². The predicted molar refractivity (Wildman–Crippen MR) is 64.4 cm³/mol. The van der Waals surface area contributed by atoms with E-state index in [4.69, 9.17) is 5.73 Å². The summed E-state index contributed by atoms with van der Waals surface area (Å²) >= 11 is 3.37. The molecule has 0 fully saturated rings. The first-order valence-corrected chi connectivity index (χ1v) is 4.96. The number of nitrogens with two attached hydrogens (primary N) is 1. The molecule has 0 radical (unpaired) electrons. The quantitative estimate of drug-likeness (QED) is 0.686. The molecule has 2 nitrogen and oxygen atoms in total. The lowest BCUT2D eigenvalue weighted by Crippen LogP contribution is -2.11. The number of nitrogens with zero attached hydrogens (tertiary/aromatic N) is 1. The molecule has 0 spiro atoms. The third-order valence-electron chi connectivity index (χ3n) is 2.32. The van der Waals surface area contributed by atoms with Gasteiger partial charge in [-0.05, 0) is 46.8 Å². The van der Waals surface area contributed by atoms with Crippen molar-refractivity contribution < 1.29 is 0 Å². The molecule has 72 valence electrons. The summed E-state index contributed by atoms with van der Waals surface area (Å²) in [5, 5.41) is 0. The largest absolute Gasteiger partial charge is 0.387 e. The van der Waals surface area contributed by atoms with Crippen molar-refractivity contribution in [2.24, 2.45) is 10.7 Å². The summed E-state index contributed by atoms with van der Waals surface area (Å²) in [6.45, 7) is 0. The summed E-state index contributed by atoms with van der Waals surface area (Å²) in [5.74, 6) is 0.727. The minimum Gasteiger partial charge on any atom is -0.387 e. The van der Waals surface area contributed by atoms with Crippen LogP contribution in [0.25, 0.3) is 0 Å². The van der Waals surface area contributed by atoms with Gasteiger partial charge in [0.1, 0.15) is 10.4 Å². The topological polar surface area (TPSA) is 38.4 Å². The number of allylic oxidation sites excluding steroid dienone is 2. The first kappa shape index (κ1) is 11.0. The van der Waals surface area contributed by atoms with Crippen molar-refractivity contribution in [3.63, 3.8) is 0 Å². The van der Waals surface area contributed by atoms with Gasteiger partial charge in [-0.3, -0.25) is 0 Å². The molecule has 4 heteroatoms. The Morgan fingerprint density at radius 2 is 2.15 bits per heavy atom. The summed E-state index contributed by atoms with van der Waals surface area (Å²) in [7, 11) is 0. The lowest BCUT2D eigenvalue weighted by atomic mass is 10.1. The minimum atomic E-state index is 0. The second-order valence-corrected chi connectivity index (χ2v) is 4.04. The smallest absolute Gasteiger partial charge is 0.108 e. The molecule has 0 atom stereocenters. The highest BCUT2D eigenvalue weighted by atomic mass is 79.9. The van der Waals surface area contributed by atoms with Crippen LogP contribution >= 0.6 is 32.9 Å². The van der Waals surface area contributed by atoms with E-state index in [-0.39, 0.29) is 17.0 Å². The molecule has 0 saturated heterocycles. The molecule has 0 saturated carbocycles. The van der Waals surface area contributed by atoms with Gasteiger partial charge in [0.05, 0.1) is 0 Å². The Kier molecular flexibility index (Phi) is 3.74. The predicted octanol–water partition coefficient (Wildman–Crippen LogP) is 3.04. The Labute approximate surface area is 96.9 Å². The lowest BCUT2D eigenvalue weighted by molar-refractivity contribution is 0.889. The highest BCUT2D eigenvalue weighted by Gasteiger charge is 2.16. The van der Waals surface area contributed by atoms with Gasteiger partial charge in [-0.15, -0.1) is 17.0 Å². The fraction of sp³-hybridized carbons (Fsp3) is 0.444. The Morgan fingerprint density at radius 1 is 1.38 bits per heavy atom. The second-order valence-electron chi connectivity index (χ2n) is 3.23. The number of hydrogen-bond donors (Lipinski definition) is 1. The maximum atomic E-state index is 5.73. The van der Waals surface area contributed by atoms with E-state index in [2.05, 4.69) is 27.0 Å². The summed E-state index contributed by atoms with van der Waals surface area (Å²) in [6.07, 6.45) is 6.62. The van der Waals surface area contributed by atoms with Crippen LogP contribution in [0.4, 0.5) is 0 Å². The zero-order chi connectivity index (χ0) is 8.55. The van der Waals surface area contributed by atoms with Gasteiger partial charge in [0, 0.05) is 6.42 Å². The second kappa shape index (κ2) is 4.42. The molecular formula is C9H12Br2N2. The third-order valence-corrected chi connectivity index (χ3v) is 2.72. The van der Waals surface area contributed by atoms with Crippen LogP contribution in [0.5, 0.6) is 0 Å². The maximum Gasteiger partial charge on any atom is 0.108 e. The van der Waals surface area contributed by atoms with Gasteiger partial charge in [0.15, 0.2) is 0 Å². The molecule has 0 amide bonds. The van der Waals surface area contributed by atoms with Crippen molar-refractivity contribution in [2.45, 2.75) is 25.7 Å². The molecular weight excluding hydrogens is 296 g/mol. The zero-order valence-corrected chi connectivity index (χ0v) is 10.5. The SMILES string of the molecule is Br.NC1=NC(Br)=CC2=C(CCC2)C1. The van der Waals surface area contributed by atoms with E-state index in [9.17, 15) is 0 Å². The van der Waals surface area contributed by atoms with E-state index in [1.54, 1.807) is 0 Å². The summed E-state index contributed by atoms with van der Waals surface area (Å²) in [5.41, 5.74) is 8.64. The molecule has 0 bridgehead atoms. The maximum absolute atomic E-state index is 5.73. The number of aliphatic imine (C=N–C) groups is 1. The van der Waals surface area contributed by atoms with Crippen LogP contribution in [0.1, 0.15) is 25.7 Å². The molecule has 1 heterocycles. The number of hydrogen-bond acceptors (Lipinski definition) is 2. The molecule has 1 aliphatic heterocycles. The van der Waals surface area contributed by atoms with Crippen LogP contribution in [0.3, 0.4) is 0 Å². The van der Waals surface area contributed by atoms with Crippen molar-refractivity contribution in [2.75, 3.05) is 0 Å². The van der Waals surface area contributed by atoms with Gasteiger partial charge in [-0.1, -0.05) is 5.57 Å². The van der Waals surface area contributed by atoms with Crippen molar-refractivity contribution in [1.82, 2.24) is 0 Å². The van der Waals surface area contributed by atoms with E-state index in [1.807, 2.05) is 0 Å². The van der Waals surface area contributed by atoms with Gasteiger partial charge in [0.25, 0.3) is 0 Å². The van der Waals surface area contributed by atoms with E-state index in [0.717, 1.165) is 16.9 Å². The fourth-order valence-electron chi connectivity index (χ4n) is 1.78. The highest BCUT2D eigenvalue weighted by molar-refractivity contribution is 9.11. The van der Waals surface area contributed by atoms with Crippen molar-refractivity contribution in [3.05, 3.63) is 21.8 Å². The van der Waals surface area contributed by atoms with E-state index >= 15 is 0 Å². The van der Waals surface area contributed by atoms with Crippen LogP contribution in [0.15, 0.2) is 26.8 Å². The molecule has 13 heavy (non-hydrogen) atoms. The first-order valence-electron chi connectivity index (χ1n) is 4.17. The average Bonchev–Trinajstić information content (AvgIpc) is 2.31. The monoisotopic (exact) mass is 306 g/mol. The molecule has 2 N–H and O–H groups in total. The van der Waals surface area contributed by atoms with Gasteiger partial charge in [-0.2, -0.15) is 0 Å². The Bertz CT molecular complexity index is 303. The summed E-state index contributed by atoms with van der Waals surface area (Å²) in [4.78, 5) is 4.19. The highest BCUT2D eigenvalue weighted by Crippen LogP contribution is 2.32. The Balaban J connectivity index is 0.000000845. The third kappa shape index (κ3) is 2.44. The molecule has 0 aromatic heterocycles. The molecule has 2 aliphatic rings. The summed E-state index contributed by atoms with van der Waals surface area (Å²) < 4.78 is 0.868. The van der Waals surface area contributed by atoms with E-state index < -0.39 is 0 Å². The molecule has 0 unspecified atom stereocenters. The first-order chi connectivity index (χ1) is 5.75.